The van der Waals surface area contributed by atoms with Crippen LogP contribution < -0.4 is 9.64 Å². The first-order chi connectivity index (χ1) is 10.2. The lowest BCUT2D eigenvalue weighted by Gasteiger charge is -2.33. The van der Waals surface area contributed by atoms with Gasteiger partial charge in [-0.1, -0.05) is 19.1 Å². The summed E-state index contributed by atoms with van der Waals surface area (Å²) in [6.45, 7) is 1.85. The van der Waals surface area contributed by atoms with Gasteiger partial charge in [0, 0.05) is 12.4 Å². The molecule has 2 aromatic rings. The number of para-hydroxylation sites is 2. The normalized spacial score (nSPS) is 17.3. The third-order valence-electron chi connectivity index (χ3n) is 3.42. The smallest absolute Gasteiger partial charge is 0.268 e. The second-order valence-corrected chi connectivity index (χ2v) is 4.77. The van der Waals surface area contributed by atoms with E-state index in [2.05, 4.69) is 4.98 Å². The molecule has 1 aromatic carbocycles. The number of amides is 1. The number of imidazole rings is 1. The lowest BCUT2D eigenvalue weighted by molar-refractivity contribution is -0.126. The molecule has 1 atom stereocenters. The van der Waals surface area contributed by atoms with Gasteiger partial charge in [-0.3, -0.25) is 19.1 Å². The van der Waals surface area contributed by atoms with E-state index in [1.54, 1.807) is 18.3 Å². The first kappa shape index (κ1) is 13.4. The van der Waals surface area contributed by atoms with Crippen LogP contribution in [0.3, 0.4) is 0 Å². The predicted octanol–water partition coefficient (Wildman–Crippen LogP) is 1.73. The van der Waals surface area contributed by atoms with Gasteiger partial charge >= 0.3 is 0 Å². The topological polar surface area (TPSA) is 64.4 Å². The van der Waals surface area contributed by atoms with Gasteiger partial charge in [0.25, 0.3) is 11.8 Å². The average Bonchev–Trinajstić information content (AvgIpc) is 3.04. The highest BCUT2D eigenvalue weighted by atomic mass is 16.5. The van der Waals surface area contributed by atoms with Crippen LogP contribution in [0.1, 0.15) is 18.1 Å². The Balaban J connectivity index is 1.92. The molecule has 2 heterocycles. The molecule has 108 valence electrons. The highest BCUT2D eigenvalue weighted by Gasteiger charge is 2.34. The van der Waals surface area contributed by atoms with Crippen molar-refractivity contribution < 1.29 is 14.3 Å². The van der Waals surface area contributed by atoms with Crippen LogP contribution in [-0.4, -0.2) is 34.0 Å². The number of fused-ring (bicyclic) bond motifs is 1. The molecule has 0 fully saturated rings. The Kier molecular flexibility index (Phi) is 3.43. The SMILES string of the molecule is CCC1Oc2ccccc2N(CC(=O)n2ccnc2)C1=O. The molecular weight excluding hydrogens is 270 g/mol. The Morgan fingerprint density at radius 1 is 1.38 bits per heavy atom. The molecule has 0 bridgehead atoms. The van der Waals surface area contributed by atoms with E-state index < -0.39 is 6.10 Å². The Morgan fingerprint density at radius 3 is 2.90 bits per heavy atom. The quantitative estimate of drug-likeness (QED) is 0.861. The molecule has 0 radical (unpaired) electrons. The number of rotatable bonds is 3. The van der Waals surface area contributed by atoms with Crippen molar-refractivity contribution in [1.82, 2.24) is 9.55 Å². The Morgan fingerprint density at radius 2 is 2.19 bits per heavy atom. The van der Waals surface area contributed by atoms with Gasteiger partial charge in [-0.25, -0.2) is 4.98 Å². The molecule has 0 spiro atoms. The Bertz CT molecular complexity index is 667. The first-order valence-corrected chi connectivity index (χ1v) is 6.79. The van der Waals surface area contributed by atoms with Crippen molar-refractivity contribution in [3.8, 4) is 5.75 Å². The predicted molar refractivity (Wildman–Crippen MR) is 76.4 cm³/mol. The molecular formula is C15H15N3O3. The van der Waals surface area contributed by atoms with Crippen molar-refractivity contribution in [3.63, 3.8) is 0 Å². The number of aromatic nitrogens is 2. The van der Waals surface area contributed by atoms with Crippen molar-refractivity contribution >= 4 is 17.5 Å². The van der Waals surface area contributed by atoms with E-state index in [1.807, 2.05) is 19.1 Å². The summed E-state index contributed by atoms with van der Waals surface area (Å²) in [6.07, 6.45) is 4.54. The van der Waals surface area contributed by atoms with Gasteiger partial charge < -0.3 is 4.74 Å². The molecule has 1 aliphatic heterocycles. The molecule has 3 rings (SSSR count). The number of hydrogen-bond donors (Lipinski definition) is 0. The van der Waals surface area contributed by atoms with Crippen LogP contribution in [0.2, 0.25) is 0 Å². The second kappa shape index (κ2) is 5.40. The maximum Gasteiger partial charge on any atom is 0.268 e. The average molecular weight is 285 g/mol. The fraction of sp³-hybridized carbons (Fsp3) is 0.267. The fourth-order valence-corrected chi connectivity index (χ4v) is 2.32. The Labute approximate surface area is 122 Å². The minimum Gasteiger partial charge on any atom is -0.478 e. The molecule has 1 unspecified atom stereocenters. The van der Waals surface area contributed by atoms with Crippen LogP contribution in [0.4, 0.5) is 5.69 Å². The molecule has 1 aliphatic rings. The minimum absolute atomic E-state index is 0.0356. The van der Waals surface area contributed by atoms with Gasteiger partial charge in [-0.05, 0) is 18.6 Å². The van der Waals surface area contributed by atoms with Crippen LogP contribution in [0, 0.1) is 0 Å². The number of benzene rings is 1. The number of nitrogens with zero attached hydrogens (tertiary/aromatic N) is 3. The number of hydrogen-bond acceptors (Lipinski definition) is 4. The van der Waals surface area contributed by atoms with Crippen molar-refractivity contribution in [3.05, 3.63) is 43.0 Å². The van der Waals surface area contributed by atoms with Crippen molar-refractivity contribution in [1.29, 1.82) is 0 Å². The summed E-state index contributed by atoms with van der Waals surface area (Å²) in [5.41, 5.74) is 0.626. The number of carbonyl (C=O) groups excluding carboxylic acids is 2. The molecule has 6 nitrogen and oxygen atoms in total. The highest BCUT2D eigenvalue weighted by molar-refractivity contribution is 6.04. The summed E-state index contributed by atoms with van der Waals surface area (Å²) >= 11 is 0. The molecule has 21 heavy (non-hydrogen) atoms. The van der Waals surface area contributed by atoms with Gasteiger partial charge in [0.15, 0.2) is 6.10 Å². The lowest BCUT2D eigenvalue weighted by atomic mass is 10.1. The van der Waals surface area contributed by atoms with Gasteiger partial charge in [0.2, 0.25) is 0 Å². The van der Waals surface area contributed by atoms with Crippen LogP contribution in [0.15, 0.2) is 43.0 Å². The molecule has 0 N–H and O–H groups in total. The van der Waals surface area contributed by atoms with Crippen molar-refractivity contribution in [2.45, 2.75) is 19.4 Å². The van der Waals surface area contributed by atoms with E-state index in [9.17, 15) is 9.59 Å². The molecule has 0 aliphatic carbocycles. The number of anilines is 1. The third-order valence-corrected chi connectivity index (χ3v) is 3.42. The zero-order chi connectivity index (χ0) is 14.8. The van der Waals surface area contributed by atoms with E-state index >= 15 is 0 Å². The minimum atomic E-state index is -0.546. The highest BCUT2D eigenvalue weighted by Crippen LogP contribution is 2.34. The monoisotopic (exact) mass is 285 g/mol. The standard InChI is InChI=1S/C15H15N3O3/c1-2-12-15(20)18(9-14(19)17-8-7-16-10-17)11-5-3-4-6-13(11)21-12/h3-8,10,12H,2,9H2,1H3. The van der Waals surface area contributed by atoms with E-state index in [0.717, 1.165) is 0 Å². The van der Waals surface area contributed by atoms with Crippen LogP contribution in [-0.2, 0) is 4.79 Å². The molecule has 1 amide bonds. The zero-order valence-corrected chi connectivity index (χ0v) is 11.6. The van der Waals surface area contributed by atoms with Gasteiger partial charge in [-0.2, -0.15) is 0 Å². The molecule has 0 saturated heterocycles. The summed E-state index contributed by atoms with van der Waals surface area (Å²) in [5, 5.41) is 0. The van der Waals surface area contributed by atoms with E-state index in [4.69, 9.17) is 4.74 Å². The summed E-state index contributed by atoms with van der Waals surface area (Å²) in [5.74, 6) is 0.222. The Hall–Kier alpha value is -2.63. The van der Waals surface area contributed by atoms with Gasteiger partial charge in [0.05, 0.1) is 5.69 Å². The van der Waals surface area contributed by atoms with E-state index in [-0.39, 0.29) is 18.4 Å². The third kappa shape index (κ3) is 2.40. The maximum absolute atomic E-state index is 12.4. The molecule has 6 heteroatoms. The van der Waals surface area contributed by atoms with Gasteiger partial charge in [-0.15, -0.1) is 0 Å². The van der Waals surface area contributed by atoms with E-state index in [1.165, 1.54) is 22.0 Å². The van der Waals surface area contributed by atoms with Crippen molar-refractivity contribution in [2.24, 2.45) is 0 Å². The summed E-state index contributed by atoms with van der Waals surface area (Å²) in [7, 11) is 0. The summed E-state index contributed by atoms with van der Waals surface area (Å²) in [6, 6.07) is 7.24. The zero-order valence-electron chi connectivity index (χ0n) is 11.6. The molecule has 1 aromatic heterocycles. The largest absolute Gasteiger partial charge is 0.478 e. The van der Waals surface area contributed by atoms with Gasteiger partial charge in [0.1, 0.15) is 18.6 Å². The van der Waals surface area contributed by atoms with Crippen LogP contribution in [0.25, 0.3) is 0 Å². The lowest BCUT2D eigenvalue weighted by Crippen LogP contribution is -2.48. The first-order valence-electron chi connectivity index (χ1n) is 6.79. The van der Waals surface area contributed by atoms with E-state index in [0.29, 0.717) is 17.9 Å². The van der Waals surface area contributed by atoms with Crippen LogP contribution in [0.5, 0.6) is 5.75 Å². The number of ether oxygens (including phenoxy) is 1. The second-order valence-electron chi connectivity index (χ2n) is 4.77. The van der Waals surface area contributed by atoms with Crippen LogP contribution >= 0.6 is 0 Å². The number of carbonyl (C=O) groups is 2. The fourth-order valence-electron chi connectivity index (χ4n) is 2.32. The maximum atomic E-state index is 12.4. The summed E-state index contributed by atoms with van der Waals surface area (Å²) in [4.78, 5) is 30.0. The molecule has 0 saturated carbocycles. The van der Waals surface area contributed by atoms with Crippen molar-refractivity contribution in [2.75, 3.05) is 11.4 Å². The summed E-state index contributed by atoms with van der Waals surface area (Å²) < 4.78 is 7.04.